The molecule has 0 unspecified atom stereocenters. The molecule has 16 heavy (non-hydrogen) atoms. The molecule has 1 saturated heterocycles. The first-order chi connectivity index (χ1) is 7.74. The number of halogens is 1. The molecule has 1 aliphatic heterocycles. The lowest BCUT2D eigenvalue weighted by molar-refractivity contribution is 0.0629. The molecule has 3 nitrogen and oxygen atoms in total. The van der Waals surface area contributed by atoms with Crippen molar-refractivity contribution in [3.63, 3.8) is 0 Å². The first kappa shape index (κ1) is 11.9. The average molecular weight is 330 g/mol. The average Bonchev–Trinajstić information content (AvgIpc) is 2.23. The largest absolute Gasteiger partial charge is 0.333 e. The molecule has 0 atom stereocenters. The van der Waals surface area contributed by atoms with E-state index in [1.807, 2.05) is 36.1 Å². The number of hydrogen-bond acceptors (Lipinski definition) is 2. The minimum absolute atomic E-state index is 0.152. The van der Waals surface area contributed by atoms with Gasteiger partial charge in [0.05, 0.1) is 11.6 Å². The van der Waals surface area contributed by atoms with Crippen molar-refractivity contribution < 1.29 is 4.79 Å². The molecule has 0 aliphatic carbocycles. The third-order valence-electron chi connectivity index (χ3n) is 2.91. The third-order valence-corrected chi connectivity index (χ3v) is 3.85. The fraction of sp³-hybridized carbons (Fsp3) is 0.417. The highest BCUT2D eigenvalue weighted by Crippen LogP contribution is 2.16. The van der Waals surface area contributed by atoms with Crippen LogP contribution in [0.1, 0.15) is 17.3 Å². The molecule has 2 rings (SSSR count). The van der Waals surface area contributed by atoms with E-state index >= 15 is 0 Å². The van der Waals surface area contributed by atoms with Crippen molar-refractivity contribution in [1.29, 1.82) is 0 Å². The lowest BCUT2D eigenvalue weighted by Gasteiger charge is -2.37. The Kier molecular flexibility index (Phi) is 3.81. The maximum atomic E-state index is 12.3. The molecule has 1 aliphatic rings. The van der Waals surface area contributed by atoms with E-state index in [2.05, 4.69) is 27.9 Å². The number of rotatable bonds is 3. The van der Waals surface area contributed by atoms with E-state index in [-0.39, 0.29) is 5.91 Å². The lowest BCUT2D eigenvalue weighted by Crippen LogP contribution is -2.58. The Morgan fingerprint density at radius 1 is 1.50 bits per heavy atom. The minimum Gasteiger partial charge on any atom is -0.333 e. The van der Waals surface area contributed by atoms with Crippen molar-refractivity contribution >= 4 is 28.5 Å². The summed E-state index contributed by atoms with van der Waals surface area (Å²) in [5.74, 6) is 0.152. The molecule has 1 N–H and O–H groups in total. The highest BCUT2D eigenvalue weighted by molar-refractivity contribution is 14.1. The number of nitrogens with zero attached hydrogens (tertiary/aromatic N) is 1. The number of carbonyl (C=O) groups excluding carboxylic acids is 1. The summed E-state index contributed by atoms with van der Waals surface area (Å²) in [6.45, 7) is 4.65. The quantitative estimate of drug-likeness (QED) is 0.856. The number of likely N-dealkylation sites (N-methyl/N-ethyl adjacent to an activating group) is 1. The Morgan fingerprint density at radius 3 is 2.69 bits per heavy atom. The van der Waals surface area contributed by atoms with Gasteiger partial charge in [-0.05, 0) is 41.6 Å². The predicted molar refractivity (Wildman–Crippen MR) is 72.5 cm³/mol. The standard InChI is InChI=1S/C12H15IN2O/c1-2-15(9-7-14-8-9)12(16)10-5-3-4-6-11(10)13/h3-6,9,14H,2,7-8H2,1H3. The van der Waals surface area contributed by atoms with Crippen molar-refractivity contribution in [1.82, 2.24) is 10.2 Å². The fourth-order valence-corrected chi connectivity index (χ4v) is 2.47. The maximum Gasteiger partial charge on any atom is 0.255 e. The zero-order chi connectivity index (χ0) is 11.5. The van der Waals surface area contributed by atoms with Crippen LogP contribution in [-0.4, -0.2) is 36.5 Å². The molecule has 86 valence electrons. The Labute approximate surface area is 109 Å². The topological polar surface area (TPSA) is 32.3 Å². The highest BCUT2D eigenvalue weighted by Gasteiger charge is 2.28. The molecule has 1 amide bonds. The second kappa shape index (κ2) is 5.14. The van der Waals surface area contributed by atoms with Crippen LogP contribution in [0.5, 0.6) is 0 Å². The van der Waals surface area contributed by atoms with E-state index in [4.69, 9.17) is 0 Å². The van der Waals surface area contributed by atoms with Gasteiger partial charge in [0.25, 0.3) is 5.91 Å². The second-order valence-electron chi connectivity index (χ2n) is 3.88. The van der Waals surface area contributed by atoms with Gasteiger partial charge in [0.15, 0.2) is 0 Å². The van der Waals surface area contributed by atoms with Crippen LogP contribution in [0.15, 0.2) is 24.3 Å². The number of amides is 1. The van der Waals surface area contributed by atoms with Crippen LogP contribution in [0.4, 0.5) is 0 Å². The fourth-order valence-electron chi connectivity index (χ4n) is 1.85. The van der Waals surface area contributed by atoms with Crippen LogP contribution in [0.2, 0.25) is 0 Å². The zero-order valence-corrected chi connectivity index (χ0v) is 11.4. The van der Waals surface area contributed by atoms with Gasteiger partial charge in [0.1, 0.15) is 0 Å². The molecule has 1 aromatic carbocycles. The Balaban J connectivity index is 2.19. The molecule has 4 heteroatoms. The Morgan fingerprint density at radius 2 is 2.19 bits per heavy atom. The first-order valence-corrected chi connectivity index (χ1v) is 6.58. The number of hydrogen-bond donors (Lipinski definition) is 1. The lowest BCUT2D eigenvalue weighted by atomic mass is 10.1. The monoisotopic (exact) mass is 330 g/mol. The number of nitrogens with one attached hydrogen (secondary N) is 1. The van der Waals surface area contributed by atoms with E-state index in [0.717, 1.165) is 28.8 Å². The summed E-state index contributed by atoms with van der Waals surface area (Å²) < 4.78 is 1.02. The molecule has 1 aromatic rings. The third kappa shape index (κ3) is 2.22. The summed E-state index contributed by atoms with van der Waals surface area (Å²) >= 11 is 2.22. The van der Waals surface area contributed by atoms with Crippen LogP contribution in [-0.2, 0) is 0 Å². The highest BCUT2D eigenvalue weighted by atomic mass is 127. The van der Waals surface area contributed by atoms with Crippen LogP contribution in [0.25, 0.3) is 0 Å². The second-order valence-corrected chi connectivity index (χ2v) is 5.05. The molecule has 0 spiro atoms. The van der Waals surface area contributed by atoms with Gasteiger partial charge in [0, 0.05) is 23.2 Å². The molecular weight excluding hydrogens is 315 g/mol. The van der Waals surface area contributed by atoms with Gasteiger partial charge >= 0.3 is 0 Å². The molecule has 0 aromatic heterocycles. The van der Waals surface area contributed by atoms with Gasteiger partial charge in [0.2, 0.25) is 0 Å². The Bertz CT molecular complexity index is 390. The van der Waals surface area contributed by atoms with Crippen molar-refractivity contribution in [2.24, 2.45) is 0 Å². The van der Waals surface area contributed by atoms with Gasteiger partial charge in [-0.3, -0.25) is 4.79 Å². The predicted octanol–water partition coefficient (Wildman–Crippen LogP) is 1.73. The first-order valence-electron chi connectivity index (χ1n) is 5.50. The molecule has 0 bridgehead atoms. The normalized spacial score (nSPS) is 15.6. The molecule has 0 radical (unpaired) electrons. The van der Waals surface area contributed by atoms with Gasteiger partial charge in [-0.15, -0.1) is 0 Å². The van der Waals surface area contributed by atoms with E-state index in [1.54, 1.807) is 0 Å². The van der Waals surface area contributed by atoms with Gasteiger partial charge in [-0.2, -0.15) is 0 Å². The molecule has 1 fully saturated rings. The SMILES string of the molecule is CCN(C(=O)c1ccccc1I)C1CNC1. The zero-order valence-electron chi connectivity index (χ0n) is 9.24. The molecular formula is C12H15IN2O. The van der Waals surface area contributed by atoms with Gasteiger partial charge in [-0.1, -0.05) is 12.1 Å². The van der Waals surface area contributed by atoms with Crippen LogP contribution < -0.4 is 5.32 Å². The van der Waals surface area contributed by atoms with E-state index in [0.29, 0.717) is 6.04 Å². The number of carbonyl (C=O) groups is 1. The van der Waals surface area contributed by atoms with Crippen molar-refractivity contribution in [3.05, 3.63) is 33.4 Å². The smallest absolute Gasteiger partial charge is 0.255 e. The van der Waals surface area contributed by atoms with Crippen molar-refractivity contribution in [3.8, 4) is 0 Å². The minimum atomic E-state index is 0.152. The van der Waals surface area contributed by atoms with E-state index in [1.165, 1.54) is 0 Å². The molecule has 0 saturated carbocycles. The molecule has 1 heterocycles. The van der Waals surface area contributed by atoms with Gasteiger partial charge in [-0.25, -0.2) is 0 Å². The van der Waals surface area contributed by atoms with Crippen molar-refractivity contribution in [2.45, 2.75) is 13.0 Å². The summed E-state index contributed by atoms with van der Waals surface area (Å²) in [6, 6.07) is 8.12. The van der Waals surface area contributed by atoms with Crippen molar-refractivity contribution in [2.75, 3.05) is 19.6 Å². The van der Waals surface area contributed by atoms with E-state index < -0.39 is 0 Å². The summed E-state index contributed by atoms with van der Waals surface area (Å²) in [4.78, 5) is 14.3. The van der Waals surface area contributed by atoms with Crippen LogP contribution in [0, 0.1) is 3.57 Å². The summed E-state index contributed by atoms with van der Waals surface area (Å²) in [7, 11) is 0. The summed E-state index contributed by atoms with van der Waals surface area (Å²) in [5, 5.41) is 3.20. The van der Waals surface area contributed by atoms with Crippen LogP contribution in [0.3, 0.4) is 0 Å². The summed E-state index contributed by atoms with van der Waals surface area (Å²) in [5.41, 5.74) is 0.817. The van der Waals surface area contributed by atoms with Crippen LogP contribution >= 0.6 is 22.6 Å². The maximum absolute atomic E-state index is 12.3. The summed E-state index contributed by atoms with van der Waals surface area (Å²) in [6.07, 6.45) is 0. The van der Waals surface area contributed by atoms with E-state index in [9.17, 15) is 4.79 Å². The Hall–Kier alpha value is -0.620. The van der Waals surface area contributed by atoms with Gasteiger partial charge < -0.3 is 10.2 Å². The number of benzene rings is 1.